The Morgan fingerprint density at radius 1 is 1.18 bits per heavy atom. The molecule has 2 fully saturated rings. The van der Waals surface area contributed by atoms with Crippen molar-refractivity contribution in [2.24, 2.45) is 0 Å². The number of piperazine rings is 1. The highest BCUT2D eigenvalue weighted by molar-refractivity contribution is 4.99. The third-order valence-electron chi connectivity index (χ3n) is 4.62. The predicted molar refractivity (Wildman–Crippen MR) is 73.4 cm³/mol. The van der Waals surface area contributed by atoms with Gasteiger partial charge in [-0.25, -0.2) is 0 Å². The van der Waals surface area contributed by atoms with Gasteiger partial charge in [-0.05, 0) is 46.2 Å². The molecule has 3 heteroatoms. The number of hydrogen-bond acceptors (Lipinski definition) is 3. The summed E-state index contributed by atoms with van der Waals surface area (Å²) in [4.78, 5) is 5.43. The van der Waals surface area contributed by atoms with E-state index in [1.165, 1.54) is 58.5 Å². The zero-order chi connectivity index (χ0) is 12.3. The SMILES string of the molecule is CCCN1CCCC(N2CCNCC2)C1(C)C. The maximum atomic E-state index is 3.46. The normalized spacial score (nSPS) is 31.6. The Balaban J connectivity index is 2.04. The van der Waals surface area contributed by atoms with Crippen molar-refractivity contribution in [2.75, 3.05) is 39.3 Å². The van der Waals surface area contributed by atoms with Gasteiger partial charge in [0.2, 0.25) is 0 Å². The number of nitrogens with zero attached hydrogens (tertiary/aromatic N) is 2. The topological polar surface area (TPSA) is 18.5 Å². The van der Waals surface area contributed by atoms with E-state index in [2.05, 4.69) is 35.9 Å². The van der Waals surface area contributed by atoms with E-state index in [9.17, 15) is 0 Å². The van der Waals surface area contributed by atoms with Crippen LogP contribution in [0.2, 0.25) is 0 Å². The van der Waals surface area contributed by atoms with E-state index < -0.39 is 0 Å². The molecule has 1 atom stereocenters. The summed E-state index contributed by atoms with van der Waals surface area (Å²) < 4.78 is 0. The van der Waals surface area contributed by atoms with Gasteiger partial charge in [0.15, 0.2) is 0 Å². The standard InChI is InChI=1S/C14H29N3/c1-4-9-17-10-5-6-13(14(17,2)3)16-11-7-15-8-12-16/h13,15H,4-12H2,1-3H3. The summed E-state index contributed by atoms with van der Waals surface area (Å²) >= 11 is 0. The summed E-state index contributed by atoms with van der Waals surface area (Å²) in [7, 11) is 0. The van der Waals surface area contributed by atoms with Crippen LogP contribution in [-0.2, 0) is 0 Å². The Hall–Kier alpha value is -0.120. The van der Waals surface area contributed by atoms with Crippen molar-refractivity contribution < 1.29 is 0 Å². The van der Waals surface area contributed by atoms with Crippen LogP contribution in [0.1, 0.15) is 40.0 Å². The van der Waals surface area contributed by atoms with Gasteiger partial charge in [0, 0.05) is 37.8 Å². The second-order valence-electron chi connectivity index (χ2n) is 6.08. The van der Waals surface area contributed by atoms with Crippen LogP contribution in [0.5, 0.6) is 0 Å². The second kappa shape index (κ2) is 5.68. The highest BCUT2D eigenvalue weighted by atomic mass is 15.3. The Bertz CT molecular complexity index is 232. The van der Waals surface area contributed by atoms with Gasteiger partial charge in [-0.1, -0.05) is 6.92 Å². The minimum absolute atomic E-state index is 0.353. The van der Waals surface area contributed by atoms with E-state index in [0.29, 0.717) is 5.54 Å². The molecule has 2 rings (SSSR count). The first kappa shape index (κ1) is 13.3. The molecule has 17 heavy (non-hydrogen) atoms. The molecule has 0 radical (unpaired) electrons. The van der Waals surface area contributed by atoms with E-state index in [0.717, 1.165) is 6.04 Å². The maximum Gasteiger partial charge on any atom is 0.0308 e. The van der Waals surface area contributed by atoms with Crippen molar-refractivity contribution in [2.45, 2.75) is 51.6 Å². The molecule has 0 bridgehead atoms. The zero-order valence-electron chi connectivity index (χ0n) is 11.8. The lowest BCUT2D eigenvalue weighted by Gasteiger charge is -2.53. The molecule has 3 nitrogen and oxygen atoms in total. The Kier molecular flexibility index (Phi) is 4.45. The quantitative estimate of drug-likeness (QED) is 0.806. The van der Waals surface area contributed by atoms with Crippen molar-refractivity contribution >= 4 is 0 Å². The molecule has 0 aromatic carbocycles. The molecule has 0 saturated carbocycles. The third kappa shape index (κ3) is 2.83. The summed E-state index contributed by atoms with van der Waals surface area (Å²) in [5.74, 6) is 0. The smallest absolute Gasteiger partial charge is 0.0308 e. The number of piperidine rings is 1. The third-order valence-corrected chi connectivity index (χ3v) is 4.62. The molecular formula is C14H29N3. The molecule has 0 aromatic heterocycles. The Morgan fingerprint density at radius 3 is 2.53 bits per heavy atom. The molecule has 100 valence electrons. The first-order valence-electron chi connectivity index (χ1n) is 7.36. The van der Waals surface area contributed by atoms with Gasteiger partial charge in [-0.3, -0.25) is 9.80 Å². The number of nitrogens with one attached hydrogen (secondary N) is 1. The van der Waals surface area contributed by atoms with E-state index in [1.807, 2.05) is 0 Å². The predicted octanol–water partition coefficient (Wildman–Crippen LogP) is 1.54. The monoisotopic (exact) mass is 239 g/mol. The van der Waals surface area contributed by atoms with Crippen LogP contribution >= 0.6 is 0 Å². The maximum absolute atomic E-state index is 3.46. The molecule has 2 saturated heterocycles. The van der Waals surface area contributed by atoms with Gasteiger partial charge < -0.3 is 5.32 Å². The van der Waals surface area contributed by atoms with Crippen LogP contribution in [0.4, 0.5) is 0 Å². The summed E-state index contributed by atoms with van der Waals surface area (Å²) in [5.41, 5.74) is 0.353. The molecule has 2 heterocycles. The minimum Gasteiger partial charge on any atom is -0.314 e. The number of hydrogen-bond donors (Lipinski definition) is 1. The van der Waals surface area contributed by atoms with Crippen LogP contribution in [0.3, 0.4) is 0 Å². The summed E-state index contributed by atoms with van der Waals surface area (Å²) in [5, 5.41) is 3.46. The molecular weight excluding hydrogens is 210 g/mol. The highest BCUT2D eigenvalue weighted by Gasteiger charge is 2.41. The second-order valence-corrected chi connectivity index (χ2v) is 6.08. The van der Waals surface area contributed by atoms with Crippen molar-refractivity contribution in [1.82, 2.24) is 15.1 Å². The number of likely N-dealkylation sites (tertiary alicyclic amines) is 1. The largest absolute Gasteiger partial charge is 0.314 e. The van der Waals surface area contributed by atoms with E-state index in [-0.39, 0.29) is 0 Å². The lowest BCUT2D eigenvalue weighted by molar-refractivity contribution is -0.0201. The fourth-order valence-electron chi connectivity index (χ4n) is 3.62. The zero-order valence-corrected chi connectivity index (χ0v) is 11.8. The van der Waals surface area contributed by atoms with Gasteiger partial charge >= 0.3 is 0 Å². The molecule has 2 aliphatic heterocycles. The van der Waals surface area contributed by atoms with Gasteiger partial charge in [0.1, 0.15) is 0 Å². The van der Waals surface area contributed by atoms with Crippen LogP contribution in [0.15, 0.2) is 0 Å². The van der Waals surface area contributed by atoms with Crippen molar-refractivity contribution in [3.63, 3.8) is 0 Å². The van der Waals surface area contributed by atoms with E-state index in [4.69, 9.17) is 0 Å². The summed E-state index contributed by atoms with van der Waals surface area (Å²) in [6, 6.07) is 0.755. The molecule has 0 aromatic rings. The van der Waals surface area contributed by atoms with Crippen molar-refractivity contribution in [1.29, 1.82) is 0 Å². The van der Waals surface area contributed by atoms with Crippen LogP contribution in [0, 0.1) is 0 Å². The van der Waals surface area contributed by atoms with E-state index in [1.54, 1.807) is 0 Å². The lowest BCUT2D eigenvalue weighted by atomic mass is 9.83. The lowest BCUT2D eigenvalue weighted by Crippen LogP contribution is -2.64. The summed E-state index contributed by atoms with van der Waals surface area (Å²) in [6.45, 7) is 14.6. The van der Waals surface area contributed by atoms with Crippen LogP contribution in [0.25, 0.3) is 0 Å². The number of rotatable bonds is 3. The molecule has 1 N–H and O–H groups in total. The van der Waals surface area contributed by atoms with Gasteiger partial charge in [0.25, 0.3) is 0 Å². The van der Waals surface area contributed by atoms with Crippen LogP contribution in [-0.4, -0.2) is 60.6 Å². The fourth-order valence-corrected chi connectivity index (χ4v) is 3.62. The average Bonchev–Trinajstić information content (AvgIpc) is 2.33. The fraction of sp³-hybridized carbons (Fsp3) is 1.00. The molecule has 2 aliphatic rings. The Morgan fingerprint density at radius 2 is 1.88 bits per heavy atom. The van der Waals surface area contributed by atoms with Crippen molar-refractivity contribution in [3.8, 4) is 0 Å². The molecule has 1 unspecified atom stereocenters. The van der Waals surface area contributed by atoms with Gasteiger partial charge in [-0.15, -0.1) is 0 Å². The van der Waals surface area contributed by atoms with E-state index >= 15 is 0 Å². The average molecular weight is 239 g/mol. The van der Waals surface area contributed by atoms with Gasteiger partial charge in [0.05, 0.1) is 0 Å². The van der Waals surface area contributed by atoms with Gasteiger partial charge in [-0.2, -0.15) is 0 Å². The van der Waals surface area contributed by atoms with Crippen molar-refractivity contribution in [3.05, 3.63) is 0 Å². The first-order chi connectivity index (χ1) is 8.16. The highest BCUT2D eigenvalue weighted by Crippen LogP contribution is 2.31. The van der Waals surface area contributed by atoms with Crippen LogP contribution < -0.4 is 5.32 Å². The minimum atomic E-state index is 0.353. The molecule has 0 aliphatic carbocycles. The molecule has 0 spiro atoms. The Labute approximate surface area is 107 Å². The molecule has 0 amide bonds. The first-order valence-corrected chi connectivity index (χ1v) is 7.36. The summed E-state index contributed by atoms with van der Waals surface area (Å²) in [6.07, 6.45) is 4.03.